The highest BCUT2D eigenvalue weighted by atomic mass is 32.1. The molecule has 0 radical (unpaired) electrons. The van der Waals surface area contributed by atoms with Gasteiger partial charge in [0.15, 0.2) is 4.77 Å². The van der Waals surface area contributed by atoms with E-state index >= 15 is 0 Å². The fourth-order valence-electron chi connectivity index (χ4n) is 2.52. The molecule has 0 aliphatic carbocycles. The molecule has 0 amide bonds. The van der Waals surface area contributed by atoms with Crippen LogP contribution >= 0.6 is 23.6 Å². The molecule has 102 valence electrons. The lowest BCUT2D eigenvalue weighted by Crippen LogP contribution is -2.27. The van der Waals surface area contributed by atoms with Gasteiger partial charge in [0.1, 0.15) is 4.83 Å². The van der Waals surface area contributed by atoms with Gasteiger partial charge < -0.3 is 9.72 Å². The van der Waals surface area contributed by atoms with E-state index in [-0.39, 0.29) is 11.7 Å². The quantitative estimate of drug-likeness (QED) is 0.867. The van der Waals surface area contributed by atoms with E-state index in [2.05, 4.69) is 4.98 Å². The summed E-state index contributed by atoms with van der Waals surface area (Å²) in [4.78, 5) is 17.8. The van der Waals surface area contributed by atoms with Crippen LogP contribution in [0, 0.1) is 18.6 Å². The maximum Gasteiger partial charge on any atom is 0.263 e. The molecule has 1 fully saturated rings. The Morgan fingerprint density at radius 3 is 3.00 bits per heavy atom. The van der Waals surface area contributed by atoms with Gasteiger partial charge in [-0.2, -0.15) is 0 Å². The number of aromatic amines is 1. The van der Waals surface area contributed by atoms with E-state index in [1.807, 2.05) is 13.8 Å². The van der Waals surface area contributed by atoms with Crippen LogP contribution in [-0.2, 0) is 11.3 Å². The molecule has 4 nitrogen and oxygen atoms in total. The molecule has 0 aromatic carbocycles. The molecule has 2 aromatic rings. The molecule has 0 saturated carbocycles. The molecule has 19 heavy (non-hydrogen) atoms. The predicted octanol–water partition coefficient (Wildman–Crippen LogP) is 2.92. The Kier molecular flexibility index (Phi) is 3.32. The van der Waals surface area contributed by atoms with Crippen molar-refractivity contribution in [1.29, 1.82) is 0 Å². The number of H-pyrrole nitrogens is 1. The molecule has 1 saturated heterocycles. The third-order valence-electron chi connectivity index (χ3n) is 3.72. The molecule has 6 heteroatoms. The van der Waals surface area contributed by atoms with E-state index in [1.165, 1.54) is 0 Å². The number of nitrogens with one attached hydrogen (secondary N) is 1. The first-order chi connectivity index (χ1) is 9.08. The Labute approximate surface area is 120 Å². The maximum absolute atomic E-state index is 12.6. The minimum Gasteiger partial charge on any atom is -0.376 e. The van der Waals surface area contributed by atoms with Gasteiger partial charge in [0.25, 0.3) is 5.56 Å². The molecular weight excluding hydrogens is 280 g/mol. The summed E-state index contributed by atoms with van der Waals surface area (Å²) in [5.74, 6) is 0. The third-order valence-corrected chi connectivity index (χ3v) is 5.17. The third kappa shape index (κ3) is 2.17. The van der Waals surface area contributed by atoms with Crippen LogP contribution < -0.4 is 5.56 Å². The first-order valence-electron chi connectivity index (χ1n) is 6.42. The van der Waals surface area contributed by atoms with E-state index in [0.717, 1.165) is 40.1 Å². The first kappa shape index (κ1) is 13.0. The van der Waals surface area contributed by atoms with Crippen LogP contribution in [0.2, 0.25) is 0 Å². The monoisotopic (exact) mass is 296 g/mol. The number of fused-ring (bicyclic) bond motifs is 1. The van der Waals surface area contributed by atoms with Crippen LogP contribution in [0.3, 0.4) is 0 Å². The van der Waals surface area contributed by atoms with Crippen molar-refractivity contribution in [3.8, 4) is 0 Å². The van der Waals surface area contributed by atoms with Crippen LogP contribution in [0.15, 0.2) is 4.79 Å². The molecule has 1 aliphatic heterocycles. The fourth-order valence-corrected chi connectivity index (χ4v) is 3.90. The van der Waals surface area contributed by atoms with Gasteiger partial charge in [0.2, 0.25) is 0 Å². The molecule has 1 N–H and O–H groups in total. The number of thiophene rings is 1. The Bertz CT molecular complexity index is 735. The largest absolute Gasteiger partial charge is 0.376 e. The Morgan fingerprint density at radius 2 is 2.32 bits per heavy atom. The second-order valence-electron chi connectivity index (χ2n) is 4.97. The smallest absolute Gasteiger partial charge is 0.263 e. The van der Waals surface area contributed by atoms with E-state index in [9.17, 15) is 4.79 Å². The first-order valence-corrected chi connectivity index (χ1v) is 7.65. The summed E-state index contributed by atoms with van der Waals surface area (Å²) < 4.78 is 7.74. The summed E-state index contributed by atoms with van der Waals surface area (Å²) in [7, 11) is 0. The highest BCUT2D eigenvalue weighted by Gasteiger charge is 2.19. The highest BCUT2D eigenvalue weighted by Crippen LogP contribution is 2.26. The van der Waals surface area contributed by atoms with Gasteiger partial charge in [-0.15, -0.1) is 11.3 Å². The molecule has 1 unspecified atom stereocenters. The Morgan fingerprint density at radius 1 is 1.53 bits per heavy atom. The zero-order chi connectivity index (χ0) is 13.6. The van der Waals surface area contributed by atoms with Gasteiger partial charge in [-0.3, -0.25) is 9.36 Å². The molecule has 0 spiro atoms. The van der Waals surface area contributed by atoms with E-state index in [4.69, 9.17) is 17.0 Å². The van der Waals surface area contributed by atoms with E-state index in [1.54, 1.807) is 15.9 Å². The molecule has 0 bridgehead atoms. The summed E-state index contributed by atoms with van der Waals surface area (Å²) in [5.41, 5.74) is 1.06. The van der Waals surface area contributed by atoms with Crippen molar-refractivity contribution in [2.75, 3.05) is 6.61 Å². The second-order valence-corrected chi connectivity index (χ2v) is 6.58. The van der Waals surface area contributed by atoms with Gasteiger partial charge in [-0.25, -0.2) is 0 Å². The highest BCUT2D eigenvalue weighted by molar-refractivity contribution is 7.71. The summed E-state index contributed by atoms with van der Waals surface area (Å²) in [5, 5.41) is 0.772. The van der Waals surface area contributed by atoms with Gasteiger partial charge in [-0.05, 0) is 44.5 Å². The standard InChI is InChI=1S/C13H16N2O2S2/c1-7-8(2)19-11-10(7)12(16)15(13(18)14-11)6-9-4-3-5-17-9/h9H,3-6H2,1-2H3,(H,14,18). The molecule has 3 rings (SSSR count). The zero-order valence-electron chi connectivity index (χ0n) is 11.0. The van der Waals surface area contributed by atoms with Gasteiger partial charge in [0, 0.05) is 11.5 Å². The zero-order valence-corrected chi connectivity index (χ0v) is 12.6. The number of aryl methyl sites for hydroxylation is 2. The van der Waals surface area contributed by atoms with Crippen molar-refractivity contribution in [1.82, 2.24) is 9.55 Å². The Hall–Kier alpha value is -0.980. The van der Waals surface area contributed by atoms with Crippen molar-refractivity contribution in [2.24, 2.45) is 0 Å². The van der Waals surface area contributed by atoms with Crippen LogP contribution in [0.5, 0.6) is 0 Å². The number of hydrogen-bond donors (Lipinski definition) is 1. The van der Waals surface area contributed by atoms with Crippen LogP contribution in [0.4, 0.5) is 0 Å². The lowest BCUT2D eigenvalue weighted by Gasteiger charge is -2.12. The summed E-state index contributed by atoms with van der Waals surface area (Å²) >= 11 is 6.90. The molecule has 1 atom stereocenters. The topological polar surface area (TPSA) is 47.0 Å². The van der Waals surface area contributed by atoms with E-state index < -0.39 is 0 Å². The van der Waals surface area contributed by atoms with Crippen molar-refractivity contribution < 1.29 is 4.74 Å². The van der Waals surface area contributed by atoms with Crippen molar-refractivity contribution in [3.63, 3.8) is 0 Å². The van der Waals surface area contributed by atoms with Crippen LogP contribution in [0.25, 0.3) is 10.2 Å². The molecule has 2 aromatic heterocycles. The van der Waals surface area contributed by atoms with Crippen LogP contribution in [-0.4, -0.2) is 22.3 Å². The normalized spacial score (nSPS) is 19.4. The van der Waals surface area contributed by atoms with E-state index in [0.29, 0.717) is 11.3 Å². The number of nitrogens with zero attached hydrogens (tertiary/aromatic N) is 1. The molecule has 3 heterocycles. The summed E-state index contributed by atoms with van der Waals surface area (Å²) in [6.45, 7) is 5.36. The fraction of sp³-hybridized carbons (Fsp3) is 0.538. The van der Waals surface area contributed by atoms with Gasteiger partial charge in [0.05, 0.1) is 18.0 Å². The minimum atomic E-state index is 0.0103. The summed E-state index contributed by atoms with van der Waals surface area (Å²) in [6.07, 6.45) is 2.18. The predicted molar refractivity (Wildman–Crippen MR) is 79.7 cm³/mol. The lowest BCUT2D eigenvalue weighted by atomic mass is 10.2. The SMILES string of the molecule is Cc1sc2[nH]c(=S)n(CC3CCCO3)c(=O)c2c1C. The van der Waals surface area contributed by atoms with Crippen molar-refractivity contribution in [2.45, 2.75) is 39.3 Å². The van der Waals surface area contributed by atoms with Crippen LogP contribution in [0.1, 0.15) is 23.3 Å². The number of aromatic nitrogens is 2. The molecule has 1 aliphatic rings. The lowest BCUT2D eigenvalue weighted by molar-refractivity contribution is 0.0957. The minimum absolute atomic E-state index is 0.0103. The number of hydrogen-bond acceptors (Lipinski definition) is 4. The second kappa shape index (κ2) is 4.85. The number of ether oxygens (including phenoxy) is 1. The average Bonchev–Trinajstić information content (AvgIpc) is 2.95. The Balaban J connectivity index is 2.16. The average molecular weight is 296 g/mol. The maximum atomic E-state index is 12.6. The summed E-state index contributed by atoms with van der Waals surface area (Å²) in [6, 6.07) is 0. The van der Waals surface area contributed by atoms with Gasteiger partial charge in [-0.1, -0.05) is 0 Å². The van der Waals surface area contributed by atoms with Crippen molar-refractivity contribution >= 4 is 33.8 Å². The van der Waals surface area contributed by atoms with Crippen molar-refractivity contribution in [3.05, 3.63) is 25.6 Å². The van der Waals surface area contributed by atoms with Gasteiger partial charge >= 0.3 is 0 Å². The molecular formula is C13H16N2O2S2. The number of rotatable bonds is 2.